The van der Waals surface area contributed by atoms with Crippen LogP contribution in [0.1, 0.15) is 17.0 Å². The lowest BCUT2D eigenvalue weighted by atomic mass is 9.91. The van der Waals surface area contributed by atoms with Crippen molar-refractivity contribution in [3.63, 3.8) is 0 Å². The molecule has 1 aliphatic rings. The monoisotopic (exact) mass is 350 g/mol. The number of carbonyl (C=O) groups is 2. The molecule has 3 amide bonds. The summed E-state index contributed by atoms with van der Waals surface area (Å²) < 4.78 is 0. The van der Waals surface area contributed by atoms with Crippen molar-refractivity contribution in [1.82, 2.24) is 4.98 Å². The van der Waals surface area contributed by atoms with Crippen LogP contribution in [0.25, 0.3) is 0 Å². The van der Waals surface area contributed by atoms with Crippen LogP contribution in [0, 0.1) is 5.92 Å². The van der Waals surface area contributed by atoms with Gasteiger partial charge in [0.25, 0.3) is 0 Å². The zero-order valence-electron chi connectivity index (χ0n) is 12.1. The van der Waals surface area contributed by atoms with Gasteiger partial charge in [0.05, 0.1) is 5.69 Å². The van der Waals surface area contributed by atoms with Crippen molar-refractivity contribution in [3.8, 4) is 0 Å². The lowest BCUT2D eigenvalue weighted by molar-refractivity contribution is -0.122. The Morgan fingerprint density at radius 3 is 2.91 bits per heavy atom. The van der Waals surface area contributed by atoms with Crippen molar-refractivity contribution >= 4 is 45.7 Å². The maximum atomic E-state index is 12.0. The zero-order chi connectivity index (χ0) is 16.4. The molecule has 1 aliphatic carbocycles. The molecule has 0 radical (unpaired) electrons. The minimum absolute atomic E-state index is 0.143. The Labute approximate surface area is 142 Å². The molecule has 6 nitrogen and oxygen atoms in total. The summed E-state index contributed by atoms with van der Waals surface area (Å²) in [4.78, 5) is 28.7. The topological polar surface area (TPSA) is 97.1 Å². The third-order valence-electron chi connectivity index (χ3n) is 3.64. The molecule has 0 spiro atoms. The first-order valence-electron chi connectivity index (χ1n) is 7.13. The van der Waals surface area contributed by atoms with Crippen molar-refractivity contribution in [2.45, 2.75) is 19.3 Å². The van der Waals surface area contributed by atoms with Crippen molar-refractivity contribution in [1.29, 1.82) is 0 Å². The Bertz CT molecular complexity index is 762. The molecule has 0 saturated heterocycles. The second-order valence-electron chi connectivity index (χ2n) is 5.32. The van der Waals surface area contributed by atoms with E-state index in [9.17, 15) is 9.59 Å². The van der Waals surface area contributed by atoms with Crippen LogP contribution in [-0.2, 0) is 17.6 Å². The molecule has 23 heavy (non-hydrogen) atoms. The fourth-order valence-electron chi connectivity index (χ4n) is 2.50. The number of nitrogens with two attached hydrogens (primary N) is 1. The standard InChI is InChI=1S/C15H15ClN4O2S/c16-9-2-1-3-10(7-9)18-14(22)20-15-19-11-5-4-8(13(17)21)6-12(11)23-15/h1-3,7-8H,4-6H2,(H2,17,21)(H2,18,19,20,22). The van der Waals surface area contributed by atoms with Gasteiger partial charge in [-0.3, -0.25) is 10.1 Å². The van der Waals surface area contributed by atoms with Gasteiger partial charge in [-0.1, -0.05) is 17.7 Å². The molecule has 1 unspecified atom stereocenters. The first kappa shape index (κ1) is 15.8. The molecule has 1 aromatic heterocycles. The molecule has 120 valence electrons. The van der Waals surface area contributed by atoms with Crippen molar-refractivity contribution < 1.29 is 9.59 Å². The SMILES string of the molecule is NC(=O)C1CCc2nc(NC(=O)Nc3cccc(Cl)c3)sc2C1. The van der Waals surface area contributed by atoms with E-state index in [1.165, 1.54) is 11.3 Å². The first-order chi connectivity index (χ1) is 11.0. The second-order valence-corrected chi connectivity index (χ2v) is 6.84. The van der Waals surface area contributed by atoms with Gasteiger partial charge in [0.2, 0.25) is 5.91 Å². The van der Waals surface area contributed by atoms with E-state index in [-0.39, 0.29) is 17.9 Å². The number of carbonyl (C=O) groups excluding carboxylic acids is 2. The largest absolute Gasteiger partial charge is 0.369 e. The highest BCUT2D eigenvalue weighted by molar-refractivity contribution is 7.15. The Balaban J connectivity index is 1.65. The van der Waals surface area contributed by atoms with Crippen molar-refractivity contribution in [2.24, 2.45) is 11.7 Å². The summed E-state index contributed by atoms with van der Waals surface area (Å²) in [7, 11) is 0. The molecule has 8 heteroatoms. The maximum Gasteiger partial charge on any atom is 0.325 e. The minimum atomic E-state index is -0.384. The van der Waals surface area contributed by atoms with E-state index < -0.39 is 0 Å². The summed E-state index contributed by atoms with van der Waals surface area (Å²) in [6, 6.07) is 6.50. The summed E-state index contributed by atoms with van der Waals surface area (Å²) in [6.45, 7) is 0. The number of hydrogen-bond donors (Lipinski definition) is 3. The summed E-state index contributed by atoms with van der Waals surface area (Å²) >= 11 is 7.26. The highest BCUT2D eigenvalue weighted by Crippen LogP contribution is 2.32. The molecule has 0 bridgehead atoms. The van der Waals surface area contributed by atoms with E-state index >= 15 is 0 Å². The molecule has 0 fully saturated rings. The number of aryl methyl sites for hydroxylation is 1. The predicted molar refractivity (Wildman–Crippen MR) is 90.9 cm³/mol. The van der Waals surface area contributed by atoms with Gasteiger partial charge in [-0.2, -0.15) is 0 Å². The van der Waals surface area contributed by atoms with Crippen LogP contribution in [0.2, 0.25) is 5.02 Å². The average Bonchev–Trinajstić information content (AvgIpc) is 2.87. The Kier molecular flexibility index (Phi) is 4.49. The normalized spacial score (nSPS) is 16.5. The summed E-state index contributed by atoms with van der Waals surface area (Å²) in [5.74, 6) is -0.423. The number of urea groups is 1. The fourth-order valence-corrected chi connectivity index (χ4v) is 3.77. The number of halogens is 1. The van der Waals surface area contributed by atoms with Gasteiger partial charge in [0, 0.05) is 21.5 Å². The number of anilines is 2. The number of aromatic nitrogens is 1. The van der Waals surface area contributed by atoms with Gasteiger partial charge in [-0.15, -0.1) is 11.3 Å². The van der Waals surface area contributed by atoms with E-state index in [1.54, 1.807) is 24.3 Å². The van der Waals surface area contributed by atoms with E-state index in [1.807, 2.05) is 0 Å². The summed E-state index contributed by atoms with van der Waals surface area (Å²) in [5.41, 5.74) is 6.90. The zero-order valence-corrected chi connectivity index (χ0v) is 13.7. The first-order valence-corrected chi connectivity index (χ1v) is 8.32. The molecule has 2 aromatic rings. The van der Waals surface area contributed by atoms with Gasteiger partial charge >= 0.3 is 6.03 Å². The number of nitrogens with zero attached hydrogens (tertiary/aromatic N) is 1. The molecule has 1 atom stereocenters. The summed E-state index contributed by atoms with van der Waals surface area (Å²) in [6.07, 6.45) is 2.01. The van der Waals surface area contributed by atoms with Crippen LogP contribution in [0.3, 0.4) is 0 Å². The number of fused-ring (bicyclic) bond motifs is 1. The Hall–Kier alpha value is -2.12. The highest BCUT2D eigenvalue weighted by atomic mass is 35.5. The number of benzene rings is 1. The van der Waals surface area contributed by atoms with Crippen LogP contribution in [0.5, 0.6) is 0 Å². The van der Waals surface area contributed by atoms with Crippen molar-refractivity contribution in [2.75, 3.05) is 10.6 Å². The van der Waals surface area contributed by atoms with Crippen LogP contribution in [0.4, 0.5) is 15.6 Å². The minimum Gasteiger partial charge on any atom is -0.369 e. The Morgan fingerprint density at radius 2 is 2.17 bits per heavy atom. The van der Waals surface area contributed by atoms with Crippen molar-refractivity contribution in [3.05, 3.63) is 39.9 Å². The molecule has 1 heterocycles. The van der Waals surface area contributed by atoms with Gasteiger partial charge in [-0.25, -0.2) is 9.78 Å². The number of amides is 3. The number of primary amides is 1. The fraction of sp³-hybridized carbons (Fsp3) is 0.267. The average molecular weight is 351 g/mol. The van der Waals surface area contributed by atoms with Crippen LogP contribution < -0.4 is 16.4 Å². The van der Waals surface area contributed by atoms with E-state index in [2.05, 4.69) is 15.6 Å². The lowest BCUT2D eigenvalue weighted by Gasteiger charge is -2.17. The molecular weight excluding hydrogens is 336 g/mol. The molecule has 1 aromatic carbocycles. The Morgan fingerprint density at radius 1 is 1.35 bits per heavy atom. The molecule has 3 rings (SSSR count). The summed E-state index contributed by atoms with van der Waals surface area (Å²) in [5, 5.41) is 6.47. The van der Waals surface area contributed by atoms with E-state index in [0.29, 0.717) is 35.1 Å². The predicted octanol–water partition coefficient (Wildman–Crippen LogP) is 3.03. The highest BCUT2D eigenvalue weighted by Gasteiger charge is 2.26. The lowest BCUT2D eigenvalue weighted by Crippen LogP contribution is -2.28. The molecule has 0 aliphatic heterocycles. The van der Waals surface area contributed by atoms with E-state index in [0.717, 1.165) is 10.6 Å². The van der Waals surface area contributed by atoms with Gasteiger partial charge in [-0.05, 0) is 37.5 Å². The van der Waals surface area contributed by atoms with Gasteiger partial charge < -0.3 is 11.1 Å². The van der Waals surface area contributed by atoms with Gasteiger partial charge in [0.15, 0.2) is 5.13 Å². The molecular formula is C15H15ClN4O2S. The quantitative estimate of drug-likeness (QED) is 0.793. The molecule has 4 N–H and O–H groups in total. The number of hydrogen-bond acceptors (Lipinski definition) is 4. The third kappa shape index (κ3) is 3.80. The van der Waals surface area contributed by atoms with E-state index in [4.69, 9.17) is 17.3 Å². The number of thiazole rings is 1. The molecule has 0 saturated carbocycles. The second kappa shape index (κ2) is 6.55. The van der Waals surface area contributed by atoms with Gasteiger partial charge in [0.1, 0.15) is 0 Å². The third-order valence-corrected chi connectivity index (χ3v) is 4.92. The number of rotatable bonds is 3. The van der Waals surface area contributed by atoms with Crippen LogP contribution in [0.15, 0.2) is 24.3 Å². The smallest absolute Gasteiger partial charge is 0.325 e. The van der Waals surface area contributed by atoms with Crippen LogP contribution in [-0.4, -0.2) is 16.9 Å². The number of nitrogens with one attached hydrogen (secondary N) is 2. The van der Waals surface area contributed by atoms with Crippen LogP contribution >= 0.6 is 22.9 Å². The maximum absolute atomic E-state index is 12.0.